The molecule has 0 radical (unpaired) electrons. The van der Waals surface area contributed by atoms with Gasteiger partial charge in [-0.1, -0.05) is 50.1 Å². The van der Waals surface area contributed by atoms with E-state index in [-0.39, 0.29) is 6.03 Å². The van der Waals surface area contributed by atoms with Crippen molar-refractivity contribution in [3.8, 4) is 0 Å². The molecule has 1 aromatic rings. The number of benzene rings is 1. The normalized spacial score (nSPS) is 11.7. The fraction of sp³-hybridized carbons (Fsp3) is 0.467. The van der Waals surface area contributed by atoms with E-state index in [2.05, 4.69) is 5.32 Å². The molecule has 0 saturated carbocycles. The molecule has 20 heavy (non-hydrogen) atoms. The Kier molecular flexibility index (Phi) is 6.56. The van der Waals surface area contributed by atoms with Gasteiger partial charge in [0.1, 0.15) is 6.04 Å². The van der Waals surface area contributed by atoms with Gasteiger partial charge in [-0.15, -0.1) is 0 Å². The zero-order valence-corrected chi connectivity index (χ0v) is 12.0. The Morgan fingerprint density at radius 3 is 2.50 bits per heavy atom. The van der Waals surface area contributed by atoms with Gasteiger partial charge in [-0.3, -0.25) is 0 Å². The molecule has 0 aromatic heterocycles. The largest absolute Gasteiger partial charge is 0.480 e. The number of rotatable bonds is 7. The summed E-state index contributed by atoms with van der Waals surface area (Å²) in [6, 6.07) is 8.39. The van der Waals surface area contributed by atoms with E-state index in [1.807, 2.05) is 37.3 Å². The van der Waals surface area contributed by atoms with Crippen molar-refractivity contribution in [2.24, 2.45) is 0 Å². The number of carbonyl (C=O) groups excluding carboxylic acids is 1. The first-order valence-corrected chi connectivity index (χ1v) is 6.83. The van der Waals surface area contributed by atoms with E-state index in [4.69, 9.17) is 5.11 Å². The van der Waals surface area contributed by atoms with Gasteiger partial charge < -0.3 is 15.3 Å². The lowest BCUT2D eigenvalue weighted by atomic mass is 10.1. The second-order valence-corrected chi connectivity index (χ2v) is 4.82. The lowest BCUT2D eigenvalue weighted by molar-refractivity contribution is -0.139. The summed E-state index contributed by atoms with van der Waals surface area (Å²) in [6.07, 6.45) is 2.13. The Morgan fingerprint density at radius 2 is 1.95 bits per heavy atom. The van der Waals surface area contributed by atoms with Crippen molar-refractivity contribution in [3.05, 3.63) is 35.9 Å². The van der Waals surface area contributed by atoms with Crippen molar-refractivity contribution in [1.29, 1.82) is 0 Å². The Morgan fingerprint density at radius 1 is 1.30 bits per heavy atom. The summed E-state index contributed by atoms with van der Waals surface area (Å²) in [4.78, 5) is 24.5. The predicted molar refractivity (Wildman–Crippen MR) is 77.4 cm³/mol. The van der Waals surface area contributed by atoms with Crippen LogP contribution in [0.5, 0.6) is 0 Å². The molecule has 1 aromatic carbocycles. The molecule has 0 aliphatic rings. The third-order valence-electron chi connectivity index (χ3n) is 3.05. The molecule has 5 nitrogen and oxygen atoms in total. The minimum atomic E-state index is -0.986. The summed E-state index contributed by atoms with van der Waals surface area (Å²) in [5.41, 5.74) is 1.01. The zero-order valence-electron chi connectivity index (χ0n) is 12.0. The number of hydrogen-bond donors (Lipinski definition) is 2. The van der Waals surface area contributed by atoms with E-state index in [0.717, 1.165) is 18.4 Å². The number of amides is 2. The standard InChI is InChI=1S/C15H22N2O3/c1-3-4-10-13(14(18)19)16-15(20)17(2)11-12-8-6-5-7-9-12/h5-9,13H,3-4,10-11H2,1-2H3,(H,16,20)(H,18,19). The molecular weight excluding hydrogens is 256 g/mol. The lowest BCUT2D eigenvalue weighted by Gasteiger charge is -2.21. The molecule has 110 valence electrons. The number of carbonyl (C=O) groups is 2. The molecule has 0 aliphatic carbocycles. The summed E-state index contributed by atoms with van der Waals surface area (Å²) in [5, 5.41) is 11.6. The smallest absolute Gasteiger partial charge is 0.326 e. The summed E-state index contributed by atoms with van der Waals surface area (Å²) < 4.78 is 0. The monoisotopic (exact) mass is 278 g/mol. The van der Waals surface area contributed by atoms with Crippen LogP contribution in [0.15, 0.2) is 30.3 Å². The molecule has 1 rings (SSSR count). The van der Waals surface area contributed by atoms with Gasteiger partial charge in [0, 0.05) is 13.6 Å². The van der Waals surface area contributed by atoms with Gasteiger partial charge in [-0.25, -0.2) is 9.59 Å². The highest BCUT2D eigenvalue weighted by Crippen LogP contribution is 2.05. The van der Waals surface area contributed by atoms with Gasteiger partial charge in [0.05, 0.1) is 0 Å². The quantitative estimate of drug-likeness (QED) is 0.805. The molecule has 2 N–H and O–H groups in total. The minimum absolute atomic E-state index is 0.364. The van der Waals surface area contributed by atoms with Gasteiger partial charge in [-0.05, 0) is 12.0 Å². The van der Waals surface area contributed by atoms with Crippen molar-refractivity contribution in [2.75, 3.05) is 7.05 Å². The molecule has 0 fully saturated rings. The Bertz CT molecular complexity index is 434. The average Bonchev–Trinajstić information content (AvgIpc) is 2.43. The number of aliphatic carboxylic acids is 1. The molecule has 0 aliphatic heterocycles. The van der Waals surface area contributed by atoms with Crippen LogP contribution in [0, 0.1) is 0 Å². The van der Waals surface area contributed by atoms with E-state index in [0.29, 0.717) is 13.0 Å². The molecule has 0 bridgehead atoms. The maximum Gasteiger partial charge on any atom is 0.326 e. The Balaban J connectivity index is 2.53. The zero-order chi connectivity index (χ0) is 15.0. The van der Waals surface area contributed by atoms with Crippen LogP contribution in [0.2, 0.25) is 0 Å². The van der Waals surface area contributed by atoms with Crippen molar-refractivity contribution < 1.29 is 14.7 Å². The predicted octanol–water partition coefficient (Wildman–Crippen LogP) is 2.47. The highest BCUT2D eigenvalue weighted by molar-refractivity contribution is 5.82. The molecule has 0 saturated heterocycles. The van der Waals surface area contributed by atoms with Gasteiger partial charge in [0.25, 0.3) is 0 Å². The number of urea groups is 1. The van der Waals surface area contributed by atoms with E-state index in [1.165, 1.54) is 4.90 Å². The Hall–Kier alpha value is -2.04. The molecule has 0 heterocycles. The fourth-order valence-electron chi connectivity index (χ4n) is 1.85. The first-order valence-electron chi connectivity index (χ1n) is 6.83. The first kappa shape index (κ1) is 16.0. The second kappa shape index (κ2) is 8.19. The SMILES string of the molecule is CCCCC(NC(=O)N(C)Cc1ccccc1)C(=O)O. The molecular formula is C15H22N2O3. The van der Waals surface area contributed by atoms with Crippen LogP contribution in [-0.4, -0.2) is 35.1 Å². The summed E-state index contributed by atoms with van der Waals surface area (Å²) in [7, 11) is 1.65. The summed E-state index contributed by atoms with van der Waals surface area (Å²) in [5.74, 6) is -0.986. The number of nitrogens with zero attached hydrogens (tertiary/aromatic N) is 1. The van der Waals surface area contributed by atoms with Crippen LogP contribution >= 0.6 is 0 Å². The van der Waals surface area contributed by atoms with Crippen LogP contribution in [0.1, 0.15) is 31.7 Å². The Labute approximate surface area is 119 Å². The van der Waals surface area contributed by atoms with Crippen LogP contribution in [0.4, 0.5) is 4.79 Å². The second-order valence-electron chi connectivity index (χ2n) is 4.82. The lowest BCUT2D eigenvalue weighted by Crippen LogP contribution is -2.46. The van der Waals surface area contributed by atoms with E-state index in [1.54, 1.807) is 7.05 Å². The highest BCUT2D eigenvalue weighted by atomic mass is 16.4. The van der Waals surface area contributed by atoms with Gasteiger partial charge >= 0.3 is 12.0 Å². The van der Waals surface area contributed by atoms with Crippen molar-refractivity contribution >= 4 is 12.0 Å². The first-order chi connectivity index (χ1) is 9.54. The third kappa shape index (κ3) is 5.30. The molecule has 1 unspecified atom stereocenters. The van der Waals surface area contributed by atoms with Crippen LogP contribution in [-0.2, 0) is 11.3 Å². The van der Waals surface area contributed by atoms with Crippen LogP contribution < -0.4 is 5.32 Å². The number of nitrogens with one attached hydrogen (secondary N) is 1. The number of hydrogen-bond acceptors (Lipinski definition) is 2. The average molecular weight is 278 g/mol. The fourth-order valence-corrected chi connectivity index (χ4v) is 1.85. The number of unbranched alkanes of at least 4 members (excludes halogenated alkanes) is 1. The van der Waals surface area contributed by atoms with Crippen molar-refractivity contribution in [1.82, 2.24) is 10.2 Å². The summed E-state index contributed by atoms with van der Waals surface area (Å²) in [6.45, 7) is 2.44. The molecule has 0 spiro atoms. The van der Waals surface area contributed by atoms with E-state index >= 15 is 0 Å². The molecule has 1 atom stereocenters. The van der Waals surface area contributed by atoms with Gasteiger partial charge in [0.15, 0.2) is 0 Å². The summed E-state index contributed by atoms with van der Waals surface area (Å²) >= 11 is 0. The van der Waals surface area contributed by atoms with Crippen molar-refractivity contribution in [2.45, 2.75) is 38.8 Å². The maximum atomic E-state index is 12.0. The molecule has 2 amide bonds. The van der Waals surface area contributed by atoms with E-state index < -0.39 is 12.0 Å². The van der Waals surface area contributed by atoms with Gasteiger partial charge in [0.2, 0.25) is 0 Å². The van der Waals surface area contributed by atoms with Crippen LogP contribution in [0.3, 0.4) is 0 Å². The maximum absolute atomic E-state index is 12.0. The van der Waals surface area contributed by atoms with Crippen LogP contribution in [0.25, 0.3) is 0 Å². The van der Waals surface area contributed by atoms with E-state index in [9.17, 15) is 9.59 Å². The topological polar surface area (TPSA) is 69.6 Å². The molecule has 5 heteroatoms. The number of carboxylic acids is 1. The number of carboxylic acid groups (broad SMARTS) is 1. The van der Waals surface area contributed by atoms with Gasteiger partial charge in [-0.2, -0.15) is 0 Å². The minimum Gasteiger partial charge on any atom is -0.480 e. The highest BCUT2D eigenvalue weighted by Gasteiger charge is 2.21. The van der Waals surface area contributed by atoms with Crippen molar-refractivity contribution in [3.63, 3.8) is 0 Å². The third-order valence-corrected chi connectivity index (χ3v) is 3.05.